The third-order valence-electron chi connectivity index (χ3n) is 4.05. The van der Waals surface area contributed by atoms with Crippen LogP contribution in [0.15, 0.2) is 18.3 Å². The maximum absolute atomic E-state index is 4.71. The molecule has 1 saturated heterocycles. The lowest BCUT2D eigenvalue weighted by atomic mass is 10.3. The minimum absolute atomic E-state index is 0.807. The second-order valence-electron chi connectivity index (χ2n) is 5.88. The van der Waals surface area contributed by atoms with Crippen molar-refractivity contribution in [3.05, 3.63) is 29.7 Å². The van der Waals surface area contributed by atoms with Crippen LogP contribution in [0.25, 0.3) is 5.82 Å². The van der Waals surface area contributed by atoms with Crippen molar-refractivity contribution in [3.8, 4) is 5.82 Å². The molecule has 2 aromatic heterocycles. The summed E-state index contributed by atoms with van der Waals surface area (Å²) in [5.41, 5.74) is 2.10. The minimum Gasteiger partial charge on any atom is -0.338 e. The number of anilines is 1. The summed E-state index contributed by atoms with van der Waals surface area (Å²) in [4.78, 5) is 13.9. The van der Waals surface area contributed by atoms with Gasteiger partial charge in [-0.05, 0) is 32.9 Å². The molecule has 1 aliphatic rings. The van der Waals surface area contributed by atoms with Crippen molar-refractivity contribution < 1.29 is 0 Å². The Balaban J connectivity index is 1.76. The Morgan fingerprint density at radius 3 is 2.55 bits per heavy atom. The average molecular weight is 300 g/mol. The molecule has 22 heavy (non-hydrogen) atoms. The zero-order chi connectivity index (χ0) is 15.5. The second kappa shape index (κ2) is 6.44. The van der Waals surface area contributed by atoms with Gasteiger partial charge in [-0.15, -0.1) is 0 Å². The Labute approximate surface area is 131 Å². The lowest BCUT2D eigenvalue weighted by molar-refractivity contribution is 0.257. The van der Waals surface area contributed by atoms with Crippen molar-refractivity contribution in [3.63, 3.8) is 0 Å². The zero-order valence-electron chi connectivity index (χ0n) is 13.7. The molecule has 0 amide bonds. The quantitative estimate of drug-likeness (QED) is 0.862. The number of hydrogen-bond donors (Lipinski definition) is 0. The van der Waals surface area contributed by atoms with E-state index in [0.717, 1.165) is 49.3 Å². The molecule has 1 aliphatic heterocycles. The number of aromatic nitrogens is 4. The molecule has 0 N–H and O–H groups in total. The molecule has 0 radical (unpaired) electrons. The number of nitrogens with zero attached hydrogens (tertiary/aromatic N) is 6. The lowest BCUT2D eigenvalue weighted by Crippen LogP contribution is -2.47. The highest BCUT2D eigenvalue weighted by atomic mass is 15.4. The topological polar surface area (TPSA) is 50.1 Å². The fraction of sp³-hybridized carbons (Fsp3) is 0.562. The van der Waals surface area contributed by atoms with Gasteiger partial charge in [0.2, 0.25) is 5.95 Å². The van der Waals surface area contributed by atoms with Crippen LogP contribution in [0.5, 0.6) is 0 Å². The van der Waals surface area contributed by atoms with Crippen LogP contribution in [-0.2, 0) is 0 Å². The summed E-state index contributed by atoms with van der Waals surface area (Å²) in [6, 6.07) is 3.97. The van der Waals surface area contributed by atoms with Crippen LogP contribution in [0.1, 0.15) is 24.7 Å². The normalized spacial score (nSPS) is 16.2. The van der Waals surface area contributed by atoms with Crippen LogP contribution < -0.4 is 4.90 Å². The summed E-state index contributed by atoms with van der Waals surface area (Å²) in [6.07, 6.45) is 3.04. The standard InChI is InChI=1S/C16H24N6/c1-4-7-20-8-10-21(11-9-20)16-17-6-5-15(18-16)22-14(3)12-13(2)19-22/h5-6,12H,4,7-11H2,1-3H3. The molecule has 2 aromatic rings. The van der Waals surface area contributed by atoms with Gasteiger partial charge in [-0.25, -0.2) is 9.67 Å². The SMILES string of the molecule is CCCN1CCN(c2nccc(-n3nc(C)cc3C)n2)CC1. The molecule has 118 valence electrons. The predicted molar refractivity (Wildman–Crippen MR) is 87.6 cm³/mol. The molecule has 1 fully saturated rings. The summed E-state index contributed by atoms with van der Waals surface area (Å²) in [5, 5.41) is 4.50. The van der Waals surface area contributed by atoms with E-state index in [2.05, 4.69) is 32.9 Å². The van der Waals surface area contributed by atoms with Gasteiger partial charge in [-0.2, -0.15) is 10.1 Å². The molecule has 0 aromatic carbocycles. The minimum atomic E-state index is 0.807. The number of rotatable bonds is 4. The van der Waals surface area contributed by atoms with E-state index >= 15 is 0 Å². The van der Waals surface area contributed by atoms with Gasteiger partial charge in [0, 0.05) is 44.1 Å². The molecule has 0 spiro atoms. The third kappa shape index (κ3) is 3.11. The van der Waals surface area contributed by atoms with Crippen LogP contribution in [0.2, 0.25) is 0 Å². The van der Waals surface area contributed by atoms with E-state index in [9.17, 15) is 0 Å². The predicted octanol–water partition coefficient (Wildman–Crippen LogP) is 1.81. The van der Waals surface area contributed by atoms with Crippen LogP contribution in [0.3, 0.4) is 0 Å². The molecule has 0 saturated carbocycles. The first-order valence-corrected chi connectivity index (χ1v) is 8.01. The first kappa shape index (κ1) is 15.0. The molecular weight excluding hydrogens is 276 g/mol. The van der Waals surface area contributed by atoms with Crippen molar-refractivity contribution in [2.75, 3.05) is 37.6 Å². The first-order valence-electron chi connectivity index (χ1n) is 8.01. The molecule has 0 aliphatic carbocycles. The third-order valence-corrected chi connectivity index (χ3v) is 4.05. The van der Waals surface area contributed by atoms with E-state index in [1.165, 1.54) is 13.0 Å². The fourth-order valence-electron chi connectivity index (χ4n) is 2.96. The smallest absolute Gasteiger partial charge is 0.227 e. The lowest BCUT2D eigenvalue weighted by Gasteiger charge is -2.34. The van der Waals surface area contributed by atoms with Gasteiger partial charge in [0.05, 0.1) is 5.69 Å². The van der Waals surface area contributed by atoms with Crippen LogP contribution in [0, 0.1) is 13.8 Å². The largest absolute Gasteiger partial charge is 0.338 e. The average Bonchev–Trinajstić information content (AvgIpc) is 2.87. The maximum atomic E-state index is 4.71. The number of hydrogen-bond acceptors (Lipinski definition) is 5. The molecule has 0 unspecified atom stereocenters. The monoisotopic (exact) mass is 300 g/mol. The highest BCUT2D eigenvalue weighted by molar-refractivity contribution is 5.36. The van der Waals surface area contributed by atoms with Gasteiger partial charge >= 0.3 is 0 Å². The van der Waals surface area contributed by atoms with Crippen LogP contribution in [-0.4, -0.2) is 57.4 Å². The Bertz CT molecular complexity index is 627. The zero-order valence-corrected chi connectivity index (χ0v) is 13.7. The summed E-state index contributed by atoms with van der Waals surface area (Å²) < 4.78 is 1.88. The first-order chi connectivity index (χ1) is 10.7. The van der Waals surface area contributed by atoms with Gasteiger partial charge < -0.3 is 4.90 Å². The highest BCUT2D eigenvalue weighted by Gasteiger charge is 2.19. The highest BCUT2D eigenvalue weighted by Crippen LogP contribution is 2.15. The van der Waals surface area contributed by atoms with E-state index in [1.54, 1.807) is 0 Å². The van der Waals surface area contributed by atoms with Crippen LogP contribution >= 0.6 is 0 Å². The molecule has 3 rings (SSSR count). The molecule has 6 heteroatoms. The van der Waals surface area contributed by atoms with Crippen molar-refractivity contribution in [2.45, 2.75) is 27.2 Å². The van der Waals surface area contributed by atoms with Gasteiger partial charge in [0.25, 0.3) is 0 Å². The number of aryl methyl sites for hydroxylation is 2. The molecule has 0 bridgehead atoms. The fourth-order valence-corrected chi connectivity index (χ4v) is 2.96. The van der Waals surface area contributed by atoms with E-state index in [4.69, 9.17) is 4.98 Å². The summed E-state index contributed by atoms with van der Waals surface area (Å²) in [6.45, 7) is 11.6. The Kier molecular flexibility index (Phi) is 4.38. The van der Waals surface area contributed by atoms with Gasteiger partial charge in [0.15, 0.2) is 5.82 Å². The molecule has 6 nitrogen and oxygen atoms in total. The summed E-state index contributed by atoms with van der Waals surface area (Å²) in [7, 11) is 0. The van der Waals surface area contributed by atoms with Crippen molar-refractivity contribution in [2.24, 2.45) is 0 Å². The molecule has 3 heterocycles. The van der Waals surface area contributed by atoms with Gasteiger partial charge in [0.1, 0.15) is 0 Å². The Hall–Kier alpha value is -1.95. The van der Waals surface area contributed by atoms with Crippen molar-refractivity contribution in [1.82, 2.24) is 24.6 Å². The van der Waals surface area contributed by atoms with E-state index in [0.29, 0.717) is 0 Å². The van der Waals surface area contributed by atoms with E-state index < -0.39 is 0 Å². The number of piperazine rings is 1. The Morgan fingerprint density at radius 1 is 1.14 bits per heavy atom. The van der Waals surface area contributed by atoms with Gasteiger partial charge in [-0.3, -0.25) is 4.90 Å². The van der Waals surface area contributed by atoms with E-state index in [1.807, 2.05) is 30.8 Å². The maximum Gasteiger partial charge on any atom is 0.227 e. The molecule has 0 atom stereocenters. The van der Waals surface area contributed by atoms with E-state index in [-0.39, 0.29) is 0 Å². The molecular formula is C16H24N6. The van der Waals surface area contributed by atoms with Crippen LogP contribution in [0.4, 0.5) is 5.95 Å². The summed E-state index contributed by atoms with van der Waals surface area (Å²) in [5.74, 6) is 1.65. The van der Waals surface area contributed by atoms with Crippen molar-refractivity contribution in [1.29, 1.82) is 0 Å². The van der Waals surface area contributed by atoms with Crippen molar-refractivity contribution >= 4 is 5.95 Å². The van der Waals surface area contributed by atoms with Gasteiger partial charge in [-0.1, -0.05) is 6.92 Å². The Morgan fingerprint density at radius 2 is 1.91 bits per heavy atom. The second-order valence-corrected chi connectivity index (χ2v) is 5.88. The summed E-state index contributed by atoms with van der Waals surface area (Å²) >= 11 is 0.